The maximum atomic E-state index is 12.9. The van der Waals surface area contributed by atoms with Gasteiger partial charge in [-0.3, -0.25) is 4.79 Å². The van der Waals surface area contributed by atoms with Gasteiger partial charge in [0, 0.05) is 57.6 Å². The molecule has 8 heteroatoms. The Morgan fingerprint density at radius 2 is 1.72 bits per heavy atom. The molecule has 1 saturated heterocycles. The Balaban J connectivity index is 1.60. The summed E-state index contributed by atoms with van der Waals surface area (Å²) >= 11 is 0. The zero-order chi connectivity index (χ0) is 20.9. The second-order valence-corrected chi connectivity index (χ2v) is 9.19. The predicted molar refractivity (Wildman–Crippen MR) is 115 cm³/mol. The van der Waals surface area contributed by atoms with Gasteiger partial charge in [-0.1, -0.05) is 24.3 Å². The number of sulfonamides is 1. The number of hydrogen-bond acceptors (Lipinski definition) is 5. The smallest absolute Gasteiger partial charge is 0.251 e. The molecular formula is C21H28N4O3S. The van der Waals surface area contributed by atoms with Crippen molar-refractivity contribution >= 4 is 21.6 Å². The molecule has 1 aliphatic rings. The van der Waals surface area contributed by atoms with E-state index in [0.29, 0.717) is 44.8 Å². The van der Waals surface area contributed by atoms with E-state index in [1.165, 1.54) is 10.4 Å². The molecule has 0 unspecified atom stereocenters. The molecule has 2 aromatic carbocycles. The Kier molecular flexibility index (Phi) is 6.89. The maximum Gasteiger partial charge on any atom is 0.251 e. The molecule has 7 nitrogen and oxygen atoms in total. The number of carbonyl (C=O) groups is 1. The molecule has 0 bridgehead atoms. The van der Waals surface area contributed by atoms with E-state index in [-0.39, 0.29) is 10.8 Å². The van der Waals surface area contributed by atoms with Crippen LogP contribution in [0.5, 0.6) is 0 Å². The van der Waals surface area contributed by atoms with E-state index in [1.807, 2.05) is 44.4 Å². The van der Waals surface area contributed by atoms with E-state index in [2.05, 4.69) is 15.1 Å². The van der Waals surface area contributed by atoms with Crippen LogP contribution in [0.25, 0.3) is 0 Å². The van der Waals surface area contributed by atoms with E-state index in [9.17, 15) is 13.2 Å². The summed E-state index contributed by atoms with van der Waals surface area (Å²) < 4.78 is 27.3. The van der Waals surface area contributed by atoms with Gasteiger partial charge in [-0.25, -0.2) is 8.42 Å². The molecule has 0 aromatic heterocycles. The first-order chi connectivity index (χ1) is 13.9. The van der Waals surface area contributed by atoms with Gasteiger partial charge in [0.05, 0.1) is 4.90 Å². The lowest BCUT2D eigenvalue weighted by Crippen LogP contribution is -2.47. The van der Waals surface area contributed by atoms with Crippen LogP contribution in [-0.2, 0) is 10.0 Å². The first kappa shape index (κ1) is 21.3. The van der Waals surface area contributed by atoms with Crippen molar-refractivity contribution in [2.24, 2.45) is 0 Å². The largest absolute Gasteiger partial charge is 0.373 e. The highest BCUT2D eigenvalue weighted by molar-refractivity contribution is 7.89. The normalized spacial score (nSPS) is 15.8. The van der Waals surface area contributed by atoms with Crippen LogP contribution in [0, 0.1) is 0 Å². The van der Waals surface area contributed by atoms with E-state index in [4.69, 9.17) is 0 Å². The van der Waals surface area contributed by atoms with Crippen molar-refractivity contribution in [3.05, 3.63) is 60.2 Å². The molecule has 3 rings (SSSR count). The van der Waals surface area contributed by atoms with E-state index >= 15 is 0 Å². The molecule has 0 atom stereocenters. The van der Waals surface area contributed by atoms with Gasteiger partial charge in [-0.2, -0.15) is 4.31 Å². The second-order valence-electron chi connectivity index (χ2n) is 7.25. The molecule has 1 heterocycles. The van der Waals surface area contributed by atoms with Crippen LogP contribution in [0.15, 0.2) is 59.5 Å². The van der Waals surface area contributed by atoms with Crippen molar-refractivity contribution < 1.29 is 13.2 Å². The van der Waals surface area contributed by atoms with Crippen LogP contribution in [-0.4, -0.2) is 76.9 Å². The fourth-order valence-electron chi connectivity index (χ4n) is 3.23. The van der Waals surface area contributed by atoms with Crippen LogP contribution in [0.2, 0.25) is 0 Å². The quantitative estimate of drug-likeness (QED) is 0.740. The molecule has 156 valence electrons. The Labute approximate surface area is 173 Å². The lowest BCUT2D eigenvalue weighted by Gasteiger charge is -2.31. The van der Waals surface area contributed by atoms with Gasteiger partial charge in [-0.15, -0.1) is 0 Å². The zero-order valence-electron chi connectivity index (χ0n) is 16.9. The molecule has 1 N–H and O–H groups in total. The summed E-state index contributed by atoms with van der Waals surface area (Å²) in [6.07, 6.45) is 0. The highest BCUT2D eigenvalue weighted by atomic mass is 32.2. The van der Waals surface area contributed by atoms with Crippen molar-refractivity contribution in [3.63, 3.8) is 0 Å². The fraction of sp³-hybridized carbons (Fsp3) is 0.381. The van der Waals surface area contributed by atoms with Gasteiger partial charge >= 0.3 is 0 Å². The molecule has 0 spiro atoms. The number of nitrogens with zero attached hydrogens (tertiary/aromatic N) is 3. The van der Waals surface area contributed by atoms with Gasteiger partial charge in [0.1, 0.15) is 0 Å². The number of nitrogens with one attached hydrogen (secondary N) is 1. The van der Waals surface area contributed by atoms with Gasteiger partial charge in [0.25, 0.3) is 5.91 Å². The number of piperazine rings is 1. The molecule has 0 radical (unpaired) electrons. The van der Waals surface area contributed by atoms with Crippen LogP contribution < -0.4 is 10.2 Å². The van der Waals surface area contributed by atoms with Crippen molar-refractivity contribution in [2.45, 2.75) is 4.90 Å². The Morgan fingerprint density at radius 1 is 1.03 bits per heavy atom. The average Bonchev–Trinajstić information content (AvgIpc) is 2.74. The molecule has 0 saturated carbocycles. The molecule has 1 amide bonds. The third kappa shape index (κ3) is 5.35. The minimum Gasteiger partial charge on any atom is -0.373 e. The summed E-state index contributed by atoms with van der Waals surface area (Å²) in [6, 6.07) is 16.2. The molecular weight excluding hydrogens is 388 g/mol. The van der Waals surface area contributed by atoms with Crippen LogP contribution in [0.1, 0.15) is 10.4 Å². The van der Waals surface area contributed by atoms with Crippen LogP contribution >= 0.6 is 0 Å². The number of likely N-dealkylation sites (N-methyl/N-ethyl adjacent to an activating group) is 2. The van der Waals surface area contributed by atoms with Gasteiger partial charge < -0.3 is 15.1 Å². The van der Waals surface area contributed by atoms with Crippen molar-refractivity contribution in [1.29, 1.82) is 0 Å². The second kappa shape index (κ2) is 9.39. The number of rotatable bonds is 7. The van der Waals surface area contributed by atoms with Gasteiger partial charge in [0.2, 0.25) is 10.0 Å². The lowest BCUT2D eigenvalue weighted by molar-refractivity contribution is 0.0954. The third-order valence-electron chi connectivity index (χ3n) is 5.13. The molecule has 1 aliphatic heterocycles. The number of hydrogen-bond donors (Lipinski definition) is 1. The maximum absolute atomic E-state index is 12.9. The van der Waals surface area contributed by atoms with Crippen molar-refractivity contribution in [3.8, 4) is 0 Å². The first-order valence-corrected chi connectivity index (χ1v) is 11.1. The minimum absolute atomic E-state index is 0.163. The number of amides is 1. The Hall–Kier alpha value is -2.42. The van der Waals surface area contributed by atoms with Crippen LogP contribution in [0.3, 0.4) is 0 Å². The highest BCUT2D eigenvalue weighted by Crippen LogP contribution is 2.18. The minimum atomic E-state index is -3.59. The number of para-hydroxylation sites is 1. The summed E-state index contributed by atoms with van der Waals surface area (Å²) in [4.78, 5) is 16.8. The summed E-state index contributed by atoms with van der Waals surface area (Å²) in [5.74, 6) is -0.276. The fourth-order valence-corrected chi connectivity index (χ4v) is 4.69. The third-order valence-corrected chi connectivity index (χ3v) is 7.02. The van der Waals surface area contributed by atoms with E-state index in [0.717, 1.165) is 5.69 Å². The van der Waals surface area contributed by atoms with Crippen LogP contribution in [0.4, 0.5) is 5.69 Å². The number of carbonyl (C=O) groups excluding carboxylic acids is 1. The molecule has 1 fully saturated rings. The zero-order valence-corrected chi connectivity index (χ0v) is 17.7. The summed E-state index contributed by atoms with van der Waals surface area (Å²) in [6.45, 7) is 3.43. The Morgan fingerprint density at radius 3 is 2.41 bits per heavy atom. The molecule has 0 aliphatic carbocycles. The topological polar surface area (TPSA) is 73.0 Å². The molecule has 29 heavy (non-hydrogen) atoms. The standard InChI is InChI=1S/C21H28N4O3S/c1-23-13-15-25(16-14-23)29(27,28)20-10-6-7-18(17-20)21(26)22-11-12-24(2)19-8-4-3-5-9-19/h3-10,17H,11-16H2,1-2H3,(H,22,26). The van der Waals surface area contributed by atoms with Crippen molar-refractivity contribution in [1.82, 2.24) is 14.5 Å². The summed E-state index contributed by atoms with van der Waals surface area (Å²) in [5, 5.41) is 2.87. The predicted octanol–water partition coefficient (Wildman–Crippen LogP) is 1.49. The first-order valence-electron chi connectivity index (χ1n) is 9.71. The Bertz CT molecular complexity index is 926. The summed E-state index contributed by atoms with van der Waals surface area (Å²) in [7, 11) is 0.346. The highest BCUT2D eigenvalue weighted by Gasteiger charge is 2.27. The SMILES string of the molecule is CN1CCN(S(=O)(=O)c2cccc(C(=O)NCCN(C)c3ccccc3)c2)CC1. The monoisotopic (exact) mass is 416 g/mol. The summed E-state index contributed by atoms with van der Waals surface area (Å²) in [5.41, 5.74) is 1.42. The van der Waals surface area contributed by atoms with E-state index < -0.39 is 10.0 Å². The van der Waals surface area contributed by atoms with E-state index in [1.54, 1.807) is 18.2 Å². The molecule has 2 aromatic rings. The van der Waals surface area contributed by atoms with Gasteiger partial charge in [0.15, 0.2) is 0 Å². The number of benzene rings is 2. The van der Waals surface area contributed by atoms with Crippen molar-refractivity contribution in [2.75, 3.05) is 58.3 Å². The van der Waals surface area contributed by atoms with Gasteiger partial charge in [-0.05, 0) is 37.4 Å². The number of anilines is 1. The average molecular weight is 417 g/mol. The lowest BCUT2D eigenvalue weighted by atomic mass is 10.2.